The number of piperidine rings is 1. The average Bonchev–Trinajstić information content (AvgIpc) is 3.05. The highest BCUT2D eigenvalue weighted by Gasteiger charge is 2.49. The van der Waals surface area contributed by atoms with Crippen LogP contribution < -0.4 is 16.2 Å². The molecule has 0 saturated carbocycles. The van der Waals surface area contributed by atoms with E-state index in [0.717, 1.165) is 16.7 Å². The zero-order valence-corrected chi connectivity index (χ0v) is 29.2. The quantitative estimate of drug-likeness (QED) is 0.366. The number of rotatable bonds is 7. The minimum Gasteiger partial charge on any atom is -0.458 e. The molecule has 48 heavy (non-hydrogen) atoms. The van der Waals surface area contributed by atoms with Crippen LogP contribution in [-0.2, 0) is 31.6 Å². The lowest BCUT2D eigenvalue weighted by atomic mass is 9.62. The fourth-order valence-electron chi connectivity index (χ4n) is 6.75. The number of carbonyl (C=O) groups excluding carboxylic acids is 4. The van der Waals surface area contributed by atoms with Crippen LogP contribution in [0.2, 0.25) is 0 Å². The summed E-state index contributed by atoms with van der Waals surface area (Å²) in [5.74, 6) is -1.70. The molecule has 5 rings (SSSR count). The summed E-state index contributed by atoms with van der Waals surface area (Å²) in [6.07, 6.45) is 3.55. The molecule has 256 valence electrons. The van der Waals surface area contributed by atoms with E-state index in [-0.39, 0.29) is 42.5 Å². The molecule has 1 aliphatic heterocycles. The highest BCUT2D eigenvalue weighted by molar-refractivity contribution is 7.59. The van der Waals surface area contributed by atoms with Crippen LogP contribution in [-0.4, -0.2) is 63.9 Å². The van der Waals surface area contributed by atoms with E-state index in [4.69, 9.17) is 4.74 Å². The van der Waals surface area contributed by atoms with E-state index in [2.05, 4.69) is 10.6 Å². The largest absolute Gasteiger partial charge is 0.458 e. The summed E-state index contributed by atoms with van der Waals surface area (Å²) in [5, 5.41) is 5.90. The maximum Gasteiger partial charge on any atom is 0.328 e. The van der Waals surface area contributed by atoms with Gasteiger partial charge in [-0.05, 0) is 82.2 Å². The lowest BCUT2D eigenvalue weighted by molar-refractivity contribution is -0.158. The van der Waals surface area contributed by atoms with Crippen LogP contribution in [0.5, 0.6) is 0 Å². The van der Waals surface area contributed by atoms with Crippen LogP contribution in [0.3, 0.4) is 0 Å². The lowest BCUT2D eigenvalue weighted by Gasteiger charge is -2.43. The zero-order chi connectivity index (χ0) is 33.9. The molecule has 1 aliphatic carbocycles. The van der Waals surface area contributed by atoms with Crippen LogP contribution in [0.4, 0.5) is 0 Å². The number of aromatic nitrogens is 1. The van der Waals surface area contributed by atoms with E-state index >= 15 is 0 Å². The predicted octanol–water partition coefficient (Wildman–Crippen LogP) is 3.93. The number of nitrogens with one attached hydrogen (secondary N) is 2. The first kappa shape index (κ1) is 36.5. The van der Waals surface area contributed by atoms with Gasteiger partial charge in [-0.25, -0.2) is 4.79 Å². The SMILES string of the molecule is C[C@@H](NC(=O)[C@@]1(c2ccccc2)CC[C@H](C(=O)N2CCC(NC(=O)c3cccn(C)c3=O)CC2)c2ccccc21)C(=O)OC(C)(C)C.S. The summed E-state index contributed by atoms with van der Waals surface area (Å²) >= 11 is 0. The van der Waals surface area contributed by atoms with Gasteiger partial charge in [0.25, 0.3) is 11.5 Å². The molecule has 2 aliphatic rings. The molecule has 2 heterocycles. The molecule has 1 saturated heterocycles. The van der Waals surface area contributed by atoms with Crippen molar-refractivity contribution in [2.75, 3.05) is 13.1 Å². The van der Waals surface area contributed by atoms with Gasteiger partial charge in [0.2, 0.25) is 11.8 Å². The van der Waals surface area contributed by atoms with Gasteiger partial charge in [0, 0.05) is 32.4 Å². The highest BCUT2D eigenvalue weighted by Crippen LogP contribution is 2.48. The Bertz CT molecular complexity index is 1710. The fraction of sp³-hybridized carbons (Fsp3) is 0.432. The van der Waals surface area contributed by atoms with Gasteiger partial charge in [-0.15, -0.1) is 0 Å². The highest BCUT2D eigenvalue weighted by atomic mass is 32.1. The number of hydrogen-bond acceptors (Lipinski definition) is 6. The molecule has 0 radical (unpaired) electrons. The van der Waals surface area contributed by atoms with Crippen LogP contribution >= 0.6 is 13.5 Å². The molecule has 10 nitrogen and oxygen atoms in total. The second kappa shape index (κ2) is 14.8. The van der Waals surface area contributed by atoms with Crippen molar-refractivity contribution in [3.05, 3.63) is 106 Å². The summed E-state index contributed by atoms with van der Waals surface area (Å²) in [6, 6.07) is 19.3. The Morgan fingerprint density at radius 3 is 2.23 bits per heavy atom. The Morgan fingerprint density at radius 2 is 1.56 bits per heavy atom. The second-order valence-electron chi connectivity index (χ2n) is 13.6. The average molecular weight is 675 g/mol. The van der Waals surface area contributed by atoms with Crippen molar-refractivity contribution >= 4 is 37.2 Å². The van der Waals surface area contributed by atoms with Crippen LogP contribution in [0.25, 0.3) is 0 Å². The number of pyridine rings is 1. The van der Waals surface area contributed by atoms with E-state index in [1.165, 1.54) is 10.6 Å². The van der Waals surface area contributed by atoms with E-state index in [1.54, 1.807) is 47.0 Å². The van der Waals surface area contributed by atoms with E-state index in [9.17, 15) is 24.0 Å². The molecule has 1 aromatic heterocycles. The van der Waals surface area contributed by atoms with Gasteiger partial charge in [-0.2, -0.15) is 13.5 Å². The minimum absolute atomic E-state index is 0. The molecule has 3 aromatic rings. The number of hydrogen-bond donors (Lipinski definition) is 2. The third kappa shape index (κ3) is 7.51. The summed E-state index contributed by atoms with van der Waals surface area (Å²) in [4.78, 5) is 68.3. The molecule has 1 fully saturated rings. The van der Waals surface area contributed by atoms with Crippen molar-refractivity contribution in [3.8, 4) is 0 Å². The maximum absolute atomic E-state index is 14.3. The third-order valence-electron chi connectivity index (χ3n) is 9.17. The molecular weight excluding hydrogens is 628 g/mol. The first-order valence-corrected chi connectivity index (χ1v) is 16.3. The van der Waals surface area contributed by atoms with Crippen LogP contribution in [0.15, 0.2) is 77.7 Å². The third-order valence-corrected chi connectivity index (χ3v) is 9.17. The number of fused-ring (bicyclic) bond motifs is 1. The number of carbonyl (C=O) groups is 4. The van der Waals surface area contributed by atoms with Crippen molar-refractivity contribution < 1.29 is 23.9 Å². The van der Waals surface area contributed by atoms with Crippen molar-refractivity contribution in [2.45, 2.75) is 82.4 Å². The molecule has 3 atom stereocenters. The van der Waals surface area contributed by atoms with E-state index in [1.807, 2.05) is 59.5 Å². The van der Waals surface area contributed by atoms with E-state index in [0.29, 0.717) is 38.8 Å². The van der Waals surface area contributed by atoms with Gasteiger partial charge < -0.3 is 24.8 Å². The number of esters is 1. The minimum atomic E-state index is -1.11. The van der Waals surface area contributed by atoms with Crippen LogP contribution in [0, 0.1) is 0 Å². The molecule has 0 unspecified atom stereocenters. The zero-order valence-electron chi connectivity index (χ0n) is 28.2. The number of nitrogens with zero attached hydrogens (tertiary/aromatic N) is 2. The summed E-state index contributed by atoms with van der Waals surface area (Å²) < 4.78 is 6.90. The number of benzene rings is 2. The number of aryl methyl sites for hydroxylation is 1. The summed E-state index contributed by atoms with van der Waals surface area (Å²) in [5.41, 5.74) is 0.262. The normalized spacial score (nSPS) is 20.0. The fourth-order valence-corrected chi connectivity index (χ4v) is 6.75. The van der Waals surface area contributed by atoms with Gasteiger partial charge in [0.15, 0.2) is 0 Å². The predicted molar refractivity (Wildman–Crippen MR) is 188 cm³/mol. The van der Waals surface area contributed by atoms with Crippen LogP contribution in [0.1, 0.15) is 86.3 Å². The van der Waals surface area contributed by atoms with Crippen molar-refractivity contribution in [3.63, 3.8) is 0 Å². The van der Waals surface area contributed by atoms with Gasteiger partial charge in [-0.3, -0.25) is 19.2 Å². The molecule has 11 heteroatoms. The lowest BCUT2D eigenvalue weighted by Crippen LogP contribution is -2.54. The number of likely N-dealkylation sites (tertiary alicyclic amines) is 1. The monoisotopic (exact) mass is 674 g/mol. The first-order valence-electron chi connectivity index (χ1n) is 16.3. The second-order valence-corrected chi connectivity index (χ2v) is 13.6. The molecule has 3 amide bonds. The molecule has 0 bridgehead atoms. The molecular formula is C37H46N4O6S. The number of amides is 3. The van der Waals surface area contributed by atoms with Crippen molar-refractivity contribution in [1.29, 1.82) is 0 Å². The number of ether oxygens (including phenoxy) is 1. The van der Waals surface area contributed by atoms with Crippen molar-refractivity contribution in [1.82, 2.24) is 20.1 Å². The van der Waals surface area contributed by atoms with E-state index < -0.39 is 34.9 Å². The standard InChI is InChI=1S/C37H44N4O6.H2S/c1-24(34(45)47-36(2,3)4)38-35(46)37(25-12-7-6-8-13-25)20-17-28(27-14-9-10-16-30(27)37)33(44)41-22-18-26(19-23-41)39-31(42)29-15-11-21-40(5)32(29)43;/h6-16,21,24,26,28H,17-20,22-23H2,1-5H3,(H,38,46)(H,39,42);1H2/t24-,28+,37-;/m1./s1. The van der Waals surface area contributed by atoms with Gasteiger partial charge in [0.05, 0.1) is 11.3 Å². The molecule has 2 N–H and O–H groups in total. The molecule has 2 aromatic carbocycles. The molecule has 0 spiro atoms. The maximum atomic E-state index is 14.3. The van der Waals surface area contributed by atoms with Crippen molar-refractivity contribution in [2.24, 2.45) is 7.05 Å². The summed E-state index contributed by atoms with van der Waals surface area (Å²) in [6.45, 7) is 7.90. The smallest absolute Gasteiger partial charge is 0.328 e. The Morgan fingerprint density at radius 1 is 0.917 bits per heavy atom. The first-order chi connectivity index (χ1) is 22.3. The topological polar surface area (TPSA) is 127 Å². The van der Waals surface area contributed by atoms with Gasteiger partial charge in [-0.1, -0.05) is 54.6 Å². The van der Waals surface area contributed by atoms with Gasteiger partial charge >= 0.3 is 5.97 Å². The Balaban J connectivity index is 0.00000520. The summed E-state index contributed by atoms with van der Waals surface area (Å²) in [7, 11) is 1.60. The van der Waals surface area contributed by atoms with Gasteiger partial charge in [0.1, 0.15) is 17.2 Å². The Kier molecular flexibility index (Phi) is 11.2. The Hall–Kier alpha value is -4.38. The Labute approximate surface area is 288 Å².